The summed E-state index contributed by atoms with van der Waals surface area (Å²) in [6.07, 6.45) is -1.95. The Morgan fingerprint density at radius 3 is 1.84 bits per heavy atom. The monoisotopic (exact) mass is 793 g/mol. The first-order valence-corrected chi connectivity index (χ1v) is 22.8. The van der Waals surface area contributed by atoms with Gasteiger partial charge in [-0.1, -0.05) is 104 Å². The molecule has 1 aromatic heterocycles. The summed E-state index contributed by atoms with van der Waals surface area (Å²) in [5.41, 5.74) is 7.05. The number of ether oxygens (including phenoxy) is 2. The lowest BCUT2D eigenvalue weighted by molar-refractivity contribution is 0.0561. The fourth-order valence-corrected chi connectivity index (χ4v) is 10.6. The molecule has 3 aromatic rings. The molecule has 49 heavy (non-hydrogen) atoms. The van der Waals surface area contributed by atoms with E-state index in [1.165, 1.54) is 12.3 Å². The van der Waals surface area contributed by atoms with Gasteiger partial charge in [0.25, 0.3) is 0 Å². The van der Waals surface area contributed by atoms with Crippen LogP contribution < -0.4 is 11.4 Å². The first-order valence-electron chi connectivity index (χ1n) is 15.4. The Labute approximate surface area is 306 Å². The number of halogens is 1. The maximum atomic E-state index is 15.1. The van der Waals surface area contributed by atoms with Crippen molar-refractivity contribution in [2.24, 2.45) is 0 Å². The van der Waals surface area contributed by atoms with Gasteiger partial charge in [-0.2, -0.15) is 4.98 Å². The Hall–Kier alpha value is -1.21. The van der Waals surface area contributed by atoms with E-state index in [-0.39, 0.29) is 25.6 Å². The summed E-state index contributed by atoms with van der Waals surface area (Å²) in [4.78, 5) is 15.9. The number of benzene rings is 2. The number of hydrogen-bond donors (Lipinski definition) is 2. The van der Waals surface area contributed by atoms with Crippen LogP contribution in [0.1, 0.15) is 16.5 Å². The summed E-state index contributed by atoms with van der Waals surface area (Å²) in [6.45, 7) is 2.13. The summed E-state index contributed by atoms with van der Waals surface area (Å²) in [7, 11) is 2.24. The van der Waals surface area contributed by atoms with Gasteiger partial charge < -0.3 is 20.3 Å². The molecule has 0 saturated carbocycles. The fourth-order valence-electron chi connectivity index (χ4n) is 4.28. The zero-order valence-electron chi connectivity index (χ0n) is 26.7. The second-order valence-electron chi connectivity index (χ2n) is 10.3. The van der Waals surface area contributed by atoms with Crippen LogP contribution >= 0.6 is 62.8 Å². The molecule has 4 atom stereocenters. The van der Waals surface area contributed by atoms with Crippen molar-refractivity contribution >= 4 is 68.6 Å². The zero-order valence-corrected chi connectivity index (χ0v) is 31.6. The van der Waals surface area contributed by atoms with Gasteiger partial charge in [-0.25, -0.2) is 13.8 Å². The minimum absolute atomic E-state index is 0.0104. The predicted octanol–water partition coefficient (Wildman–Crippen LogP) is 6.49. The molecular weight excluding hydrogens is 753 g/mol. The largest absolute Gasteiger partial charge is 0.474 e. The van der Waals surface area contributed by atoms with Crippen LogP contribution in [0.3, 0.4) is 0 Å². The molecule has 0 unspecified atom stereocenters. The molecule has 0 bridgehead atoms. The van der Waals surface area contributed by atoms with Crippen LogP contribution in [0.5, 0.6) is 0 Å². The molecule has 0 spiro atoms. The lowest BCUT2D eigenvalue weighted by Gasteiger charge is -2.21. The Morgan fingerprint density at radius 1 is 0.816 bits per heavy atom. The number of alkyl halides is 1. The number of phosphoric ester groups is 1. The Kier molecular flexibility index (Phi) is 18.8. The van der Waals surface area contributed by atoms with E-state index in [2.05, 4.69) is 4.98 Å². The third kappa shape index (κ3) is 14.7. The van der Waals surface area contributed by atoms with Gasteiger partial charge in [0.2, 0.25) is 0 Å². The molecule has 2 aromatic carbocycles. The van der Waals surface area contributed by atoms with E-state index < -0.39 is 36.4 Å². The van der Waals surface area contributed by atoms with Crippen LogP contribution in [-0.4, -0.2) is 88.2 Å². The first-order chi connectivity index (χ1) is 23.8. The number of hydrogen-bond acceptors (Lipinski definition) is 15. The Balaban J connectivity index is 1.18. The SMILES string of the molecule is Nc1ccn([C@@H]2S[C@H](COP(=O)(OCCSSCCOCc3ccccc3)OCCSSCCOCc3ccccc3)[C@@H](O)[C@@H]2F)c(=O)n1. The van der Waals surface area contributed by atoms with Crippen LogP contribution in [0.15, 0.2) is 77.7 Å². The van der Waals surface area contributed by atoms with Gasteiger partial charge in [0.1, 0.15) is 17.3 Å². The number of phosphoric acid groups is 1. The maximum Gasteiger partial charge on any atom is 0.474 e. The summed E-state index contributed by atoms with van der Waals surface area (Å²) < 4.78 is 58.1. The quantitative estimate of drug-likeness (QED) is 0.0579. The molecule has 1 aliphatic heterocycles. The lowest BCUT2D eigenvalue weighted by atomic mass is 10.1. The minimum Gasteiger partial charge on any atom is -0.389 e. The Morgan fingerprint density at radius 2 is 1.33 bits per heavy atom. The maximum absolute atomic E-state index is 15.1. The molecule has 0 amide bonds. The van der Waals surface area contributed by atoms with Crippen LogP contribution in [0.4, 0.5) is 10.2 Å². The number of nitrogens with two attached hydrogens (primary N) is 1. The van der Waals surface area contributed by atoms with E-state index in [0.29, 0.717) is 37.9 Å². The number of thioether (sulfide) groups is 1. The Bertz CT molecular complexity index is 1410. The van der Waals surface area contributed by atoms with Crippen LogP contribution in [0.25, 0.3) is 0 Å². The summed E-state index contributed by atoms with van der Waals surface area (Å²) in [6, 6.07) is 21.3. The third-order valence-corrected chi connectivity index (χ3v) is 14.3. The fraction of sp³-hybridized carbons (Fsp3) is 0.484. The molecule has 3 N–H and O–H groups in total. The predicted molar refractivity (Wildman–Crippen MR) is 202 cm³/mol. The molecule has 1 aliphatic rings. The van der Waals surface area contributed by atoms with Gasteiger partial charge in [0.15, 0.2) is 6.17 Å². The number of nitrogens with zero attached hydrogens (tertiary/aromatic N) is 2. The van der Waals surface area contributed by atoms with Crippen molar-refractivity contribution in [1.29, 1.82) is 0 Å². The summed E-state index contributed by atoms with van der Waals surface area (Å²) >= 11 is 0.982. The highest BCUT2D eigenvalue weighted by molar-refractivity contribution is 8.77. The number of rotatable bonds is 24. The van der Waals surface area contributed by atoms with E-state index in [9.17, 15) is 14.5 Å². The van der Waals surface area contributed by atoms with E-state index in [0.717, 1.165) is 39.0 Å². The van der Waals surface area contributed by atoms with Crippen LogP contribution in [-0.2, 0) is 40.8 Å². The van der Waals surface area contributed by atoms with Crippen molar-refractivity contribution in [2.75, 3.05) is 61.8 Å². The highest BCUT2D eigenvalue weighted by Crippen LogP contribution is 2.52. The molecular formula is C31H41FN3O8PS5. The minimum atomic E-state index is -4.07. The van der Waals surface area contributed by atoms with Crippen molar-refractivity contribution in [1.82, 2.24) is 9.55 Å². The lowest BCUT2D eigenvalue weighted by Crippen LogP contribution is -2.33. The van der Waals surface area contributed by atoms with Gasteiger partial charge in [0.05, 0.1) is 51.5 Å². The van der Waals surface area contributed by atoms with Crippen molar-refractivity contribution in [3.63, 3.8) is 0 Å². The summed E-state index contributed by atoms with van der Waals surface area (Å²) in [5.74, 6) is 2.56. The standard InChI is InChI=1S/C31H41FN3O8PS5/c32-28-29(36)26(49-30(28)35-12-11-27(33)34-31(35)37)23-43-44(38,41-15-19-47-45-17-13-39-21-24-7-3-1-4-8-24)42-16-20-48-46-18-14-40-22-25-9-5-2-6-10-25/h1-12,26,28-30,36H,13-23H2,(H2,33,34,37)/t26-,28+,29-,30-/m1/s1. The van der Waals surface area contributed by atoms with Crippen molar-refractivity contribution < 1.29 is 37.1 Å². The van der Waals surface area contributed by atoms with E-state index in [4.69, 9.17) is 28.8 Å². The third-order valence-electron chi connectivity index (χ3n) is 6.66. The van der Waals surface area contributed by atoms with E-state index in [1.54, 1.807) is 43.2 Å². The molecule has 11 nitrogen and oxygen atoms in total. The number of nitrogen functional groups attached to an aromatic ring is 1. The number of aliphatic hydroxyl groups excluding tert-OH is 1. The number of aliphatic hydroxyl groups is 1. The van der Waals surface area contributed by atoms with Crippen molar-refractivity contribution in [3.8, 4) is 0 Å². The highest BCUT2D eigenvalue weighted by Gasteiger charge is 2.46. The van der Waals surface area contributed by atoms with Crippen LogP contribution in [0.2, 0.25) is 0 Å². The number of aromatic nitrogens is 2. The molecule has 1 saturated heterocycles. The molecule has 0 aliphatic carbocycles. The van der Waals surface area contributed by atoms with Gasteiger partial charge in [-0.05, 0) is 17.2 Å². The molecule has 1 fully saturated rings. The van der Waals surface area contributed by atoms with Crippen molar-refractivity contribution in [2.45, 2.75) is 36.1 Å². The topological polar surface area (TPSA) is 144 Å². The second kappa shape index (κ2) is 22.7. The van der Waals surface area contributed by atoms with Gasteiger partial charge in [0, 0.05) is 29.2 Å². The number of anilines is 1. The molecule has 4 rings (SSSR count). The molecule has 18 heteroatoms. The van der Waals surface area contributed by atoms with Gasteiger partial charge in [-0.15, -0.1) is 11.8 Å². The van der Waals surface area contributed by atoms with Gasteiger partial charge in [-0.3, -0.25) is 18.1 Å². The van der Waals surface area contributed by atoms with E-state index in [1.807, 2.05) is 60.7 Å². The van der Waals surface area contributed by atoms with Crippen molar-refractivity contribution in [3.05, 3.63) is 94.5 Å². The smallest absolute Gasteiger partial charge is 0.389 e. The average Bonchev–Trinajstić information content (AvgIpc) is 3.39. The van der Waals surface area contributed by atoms with Gasteiger partial charge >= 0.3 is 13.5 Å². The molecule has 0 radical (unpaired) electrons. The normalized spacial score (nSPS) is 19.4. The van der Waals surface area contributed by atoms with Crippen LogP contribution in [0, 0.1) is 0 Å². The first kappa shape index (κ1) is 40.6. The van der Waals surface area contributed by atoms with E-state index >= 15 is 4.39 Å². The highest BCUT2D eigenvalue weighted by atomic mass is 33.1. The second-order valence-corrected chi connectivity index (χ2v) is 18.7. The molecule has 2 heterocycles. The average molecular weight is 794 g/mol. The zero-order chi connectivity index (χ0) is 34.7. The molecule has 270 valence electrons. The summed E-state index contributed by atoms with van der Waals surface area (Å²) in [5, 5.41) is 8.69.